The Morgan fingerprint density at radius 1 is 1.08 bits per heavy atom. The van der Waals surface area contributed by atoms with Crippen LogP contribution in [0.4, 0.5) is 8.78 Å². The predicted molar refractivity (Wildman–Crippen MR) is 94.0 cm³/mol. The average molecular weight is 400 g/mol. The maximum atomic E-state index is 12.8. The van der Waals surface area contributed by atoms with Crippen LogP contribution in [0.5, 0.6) is 11.5 Å². The van der Waals surface area contributed by atoms with Crippen molar-refractivity contribution >= 4 is 15.9 Å². The maximum absolute atomic E-state index is 12.8. The molecule has 0 heterocycles. The molecule has 0 radical (unpaired) electrons. The average Bonchev–Trinajstić information content (AvgIpc) is 2.58. The number of ether oxygens (including phenoxy) is 2. The summed E-state index contributed by atoms with van der Waals surface area (Å²) in [4.78, 5) is 0. The minimum absolute atomic E-state index is 0.0583. The lowest BCUT2D eigenvalue weighted by atomic mass is 10.1. The summed E-state index contributed by atoms with van der Waals surface area (Å²) in [6.07, 6.45) is -2.52. The molecule has 0 saturated carbocycles. The molecule has 0 amide bonds. The lowest BCUT2D eigenvalue weighted by Crippen LogP contribution is -2.24. The fraction of sp³-hybridized carbons (Fsp3) is 0.333. The molecular formula is C18H20BrF2NO2. The highest BCUT2D eigenvalue weighted by molar-refractivity contribution is 9.10. The first-order valence-corrected chi connectivity index (χ1v) is 8.37. The van der Waals surface area contributed by atoms with Gasteiger partial charge in [-0.1, -0.05) is 28.1 Å². The van der Waals surface area contributed by atoms with Crippen LogP contribution >= 0.6 is 15.9 Å². The first-order chi connectivity index (χ1) is 11.5. The molecule has 2 rings (SSSR count). The zero-order chi connectivity index (χ0) is 17.5. The second-order valence-corrected chi connectivity index (χ2v) is 6.24. The molecular weight excluding hydrogens is 380 g/mol. The van der Waals surface area contributed by atoms with Crippen LogP contribution < -0.4 is 14.8 Å². The first kappa shape index (κ1) is 18.7. The van der Waals surface area contributed by atoms with Gasteiger partial charge in [0.15, 0.2) is 0 Å². The van der Waals surface area contributed by atoms with Gasteiger partial charge in [0.1, 0.15) is 18.1 Å². The summed E-state index contributed by atoms with van der Waals surface area (Å²) in [5, 5.41) is 3.33. The minimum atomic E-state index is -2.52. The van der Waals surface area contributed by atoms with Crippen molar-refractivity contribution in [3.05, 3.63) is 58.1 Å². The first-order valence-electron chi connectivity index (χ1n) is 7.58. The summed E-state index contributed by atoms with van der Waals surface area (Å²) in [6.45, 7) is 3.02. The standard InChI is InChI=1S/C18H20BrF2NO2/c1-12(13-4-3-5-16(9-13)23-2)22-6-7-24-17-10-14(18(20)21)8-15(19)11-17/h3-5,8-12,18,22H,6-7H2,1-2H3. The summed E-state index contributed by atoms with van der Waals surface area (Å²) < 4.78 is 36.9. The Morgan fingerprint density at radius 3 is 2.54 bits per heavy atom. The van der Waals surface area contributed by atoms with E-state index in [-0.39, 0.29) is 11.6 Å². The van der Waals surface area contributed by atoms with Gasteiger partial charge in [0.2, 0.25) is 0 Å². The number of alkyl halides is 2. The van der Waals surface area contributed by atoms with Gasteiger partial charge < -0.3 is 14.8 Å². The molecule has 0 aromatic heterocycles. The second kappa shape index (κ2) is 8.99. The normalized spacial score (nSPS) is 12.2. The number of halogens is 3. The fourth-order valence-corrected chi connectivity index (χ4v) is 2.76. The van der Waals surface area contributed by atoms with E-state index in [9.17, 15) is 8.78 Å². The van der Waals surface area contributed by atoms with E-state index in [0.29, 0.717) is 23.4 Å². The van der Waals surface area contributed by atoms with E-state index in [0.717, 1.165) is 11.3 Å². The predicted octanol–water partition coefficient (Wildman–Crippen LogP) is 5.12. The van der Waals surface area contributed by atoms with Crippen LogP contribution in [0, 0.1) is 0 Å². The van der Waals surface area contributed by atoms with Gasteiger partial charge in [-0.3, -0.25) is 0 Å². The van der Waals surface area contributed by atoms with Gasteiger partial charge in [-0.05, 0) is 42.8 Å². The van der Waals surface area contributed by atoms with Crippen LogP contribution in [0.1, 0.15) is 30.5 Å². The lowest BCUT2D eigenvalue weighted by molar-refractivity contribution is 0.150. The largest absolute Gasteiger partial charge is 0.497 e. The van der Waals surface area contributed by atoms with Crippen molar-refractivity contribution in [3.63, 3.8) is 0 Å². The Kier molecular flexibility index (Phi) is 6.99. The van der Waals surface area contributed by atoms with Gasteiger partial charge in [0, 0.05) is 22.6 Å². The molecule has 1 unspecified atom stereocenters. The van der Waals surface area contributed by atoms with Gasteiger partial charge in [-0.25, -0.2) is 8.78 Å². The van der Waals surface area contributed by atoms with Crippen LogP contribution in [0.15, 0.2) is 46.9 Å². The smallest absolute Gasteiger partial charge is 0.264 e. The van der Waals surface area contributed by atoms with Crippen LogP contribution in [0.3, 0.4) is 0 Å². The Balaban J connectivity index is 1.84. The Bertz CT molecular complexity index is 667. The Labute approximate surface area is 149 Å². The van der Waals surface area contributed by atoms with Crippen molar-refractivity contribution in [1.29, 1.82) is 0 Å². The topological polar surface area (TPSA) is 30.5 Å². The quantitative estimate of drug-likeness (QED) is 0.624. The number of hydrogen-bond acceptors (Lipinski definition) is 3. The molecule has 6 heteroatoms. The molecule has 1 N–H and O–H groups in total. The molecule has 1 atom stereocenters. The van der Waals surface area contributed by atoms with Gasteiger partial charge >= 0.3 is 0 Å². The number of methoxy groups -OCH3 is 1. The minimum Gasteiger partial charge on any atom is -0.497 e. The van der Waals surface area contributed by atoms with Crippen molar-refractivity contribution in [2.45, 2.75) is 19.4 Å². The zero-order valence-electron chi connectivity index (χ0n) is 13.6. The summed E-state index contributed by atoms with van der Waals surface area (Å²) in [5.41, 5.74) is 1.05. The molecule has 130 valence electrons. The number of hydrogen-bond donors (Lipinski definition) is 1. The molecule has 0 bridgehead atoms. The molecule has 2 aromatic carbocycles. The van der Waals surface area contributed by atoms with Crippen molar-refractivity contribution in [2.24, 2.45) is 0 Å². The van der Waals surface area contributed by atoms with Crippen LogP contribution in [0.2, 0.25) is 0 Å². The molecule has 0 fully saturated rings. The molecule has 0 aliphatic carbocycles. The molecule has 3 nitrogen and oxygen atoms in total. The summed E-state index contributed by atoms with van der Waals surface area (Å²) in [5.74, 6) is 1.24. The highest BCUT2D eigenvalue weighted by Gasteiger charge is 2.10. The Hall–Kier alpha value is -1.66. The van der Waals surface area contributed by atoms with Crippen molar-refractivity contribution in [3.8, 4) is 11.5 Å². The highest BCUT2D eigenvalue weighted by Crippen LogP contribution is 2.28. The van der Waals surface area contributed by atoms with Crippen LogP contribution in [-0.2, 0) is 0 Å². The molecule has 0 aliphatic rings. The van der Waals surface area contributed by atoms with E-state index < -0.39 is 6.43 Å². The van der Waals surface area contributed by atoms with E-state index in [1.165, 1.54) is 12.1 Å². The fourth-order valence-electron chi connectivity index (χ4n) is 2.27. The molecule has 2 aromatic rings. The summed E-state index contributed by atoms with van der Waals surface area (Å²) in [7, 11) is 1.64. The van der Waals surface area contributed by atoms with Crippen molar-refractivity contribution < 1.29 is 18.3 Å². The van der Waals surface area contributed by atoms with Gasteiger partial charge in [-0.15, -0.1) is 0 Å². The zero-order valence-corrected chi connectivity index (χ0v) is 15.1. The highest BCUT2D eigenvalue weighted by atomic mass is 79.9. The molecule has 0 saturated heterocycles. The number of rotatable bonds is 8. The second-order valence-electron chi connectivity index (χ2n) is 5.32. The van der Waals surface area contributed by atoms with E-state index in [4.69, 9.17) is 9.47 Å². The van der Waals surface area contributed by atoms with E-state index >= 15 is 0 Å². The van der Waals surface area contributed by atoms with E-state index in [1.807, 2.05) is 31.2 Å². The molecule has 0 spiro atoms. The van der Waals surface area contributed by atoms with Gasteiger partial charge in [0.25, 0.3) is 6.43 Å². The SMILES string of the molecule is COc1cccc(C(C)NCCOc2cc(Br)cc(C(F)F)c2)c1. The summed E-state index contributed by atoms with van der Waals surface area (Å²) >= 11 is 3.22. The van der Waals surface area contributed by atoms with Crippen LogP contribution in [0.25, 0.3) is 0 Å². The number of nitrogens with one attached hydrogen (secondary N) is 1. The van der Waals surface area contributed by atoms with Gasteiger partial charge in [-0.2, -0.15) is 0 Å². The van der Waals surface area contributed by atoms with Gasteiger partial charge in [0.05, 0.1) is 7.11 Å². The maximum Gasteiger partial charge on any atom is 0.264 e. The lowest BCUT2D eigenvalue weighted by Gasteiger charge is -2.16. The van der Waals surface area contributed by atoms with Crippen molar-refractivity contribution in [1.82, 2.24) is 5.32 Å². The third-order valence-corrected chi connectivity index (χ3v) is 4.02. The van der Waals surface area contributed by atoms with E-state index in [2.05, 4.69) is 21.2 Å². The third-order valence-electron chi connectivity index (χ3n) is 3.56. The van der Waals surface area contributed by atoms with E-state index in [1.54, 1.807) is 13.2 Å². The van der Waals surface area contributed by atoms with Crippen molar-refractivity contribution in [2.75, 3.05) is 20.3 Å². The monoisotopic (exact) mass is 399 g/mol. The summed E-state index contributed by atoms with van der Waals surface area (Å²) in [6, 6.07) is 12.4. The van der Waals surface area contributed by atoms with Crippen LogP contribution in [-0.4, -0.2) is 20.3 Å². The number of benzene rings is 2. The molecule has 24 heavy (non-hydrogen) atoms. The third kappa shape index (κ3) is 5.46. The Morgan fingerprint density at radius 2 is 1.83 bits per heavy atom. The molecule has 0 aliphatic heterocycles.